The minimum Gasteiger partial charge on any atom is -0.355 e. The summed E-state index contributed by atoms with van der Waals surface area (Å²) in [5.74, 6) is 0.756. The number of hydrogen-bond donors (Lipinski definition) is 1. The molecule has 1 aromatic carbocycles. The van der Waals surface area contributed by atoms with E-state index in [9.17, 15) is 9.59 Å². The van der Waals surface area contributed by atoms with E-state index in [-0.39, 0.29) is 17.7 Å². The summed E-state index contributed by atoms with van der Waals surface area (Å²) in [6.45, 7) is 3.82. The van der Waals surface area contributed by atoms with Crippen LogP contribution in [0.4, 0.5) is 0 Å². The van der Waals surface area contributed by atoms with Crippen molar-refractivity contribution < 1.29 is 9.59 Å². The smallest absolute Gasteiger partial charge is 0.225 e. The van der Waals surface area contributed by atoms with E-state index in [0.717, 1.165) is 5.75 Å². The summed E-state index contributed by atoms with van der Waals surface area (Å²) >= 11 is 1.72. The number of carbonyl (C=O) groups excluding carboxylic acids is 2. The van der Waals surface area contributed by atoms with E-state index in [0.29, 0.717) is 26.1 Å². The molecule has 1 N–H and O–H groups in total. The number of hydrogen-bond acceptors (Lipinski definition) is 3. The van der Waals surface area contributed by atoms with Crippen molar-refractivity contribution in [3.63, 3.8) is 0 Å². The molecule has 2 amide bonds. The molecule has 1 saturated heterocycles. The van der Waals surface area contributed by atoms with Crippen molar-refractivity contribution in [3.05, 3.63) is 30.3 Å². The highest BCUT2D eigenvalue weighted by Crippen LogP contribution is 2.18. The number of rotatable bonds is 6. The Morgan fingerprint density at radius 3 is 2.80 bits per heavy atom. The zero-order chi connectivity index (χ0) is 14.4. The van der Waals surface area contributed by atoms with Gasteiger partial charge in [-0.3, -0.25) is 9.59 Å². The Morgan fingerprint density at radius 1 is 1.40 bits per heavy atom. The average molecular weight is 292 g/mol. The fraction of sp³-hybridized carbons (Fsp3) is 0.467. The SMILES string of the molecule is CCN1C[C@H](C(=O)NCCSc2ccccc2)CC1=O. The molecule has 0 saturated carbocycles. The minimum absolute atomic E-state index is 0.00274. The Balaban J connectivity index is 1.67. The molecule has 20 heavy (non-hydrogen) atoms. The summed E-state index contributed by atoms with van der Waals surface area (Å²) in [6.07, 6.45) is 0.353. The highest BCUT2D eigenvalue weighted by Gasteiger charge is 2.32. The largest absolute Gasteiger partial charge is 0.355 e. The predicted molar refractivity (Wildman–Crippen MR) is 80.5 cm³/mol. The fourth-order valence-electron chi connectivity index (χ4n) is 2.26. The van der Waals surface area contributed by atoms with Crippen LogP contribution in [-0.2, 0) is 9.59 Å². The number of benzene rings is 1. The van der Waals surface area contributed by atoms with Crippen LogP contribution in [0.2, 0.25) is 0 Å². The second-order valence-electron chi connectivity index (χ2n) is 4.79. The first-order valence-corrected chi connectivity index (χ1v) is 7.92. The second-order valence-corrected chi connectivity index (χ2v) is 5.95. The van der Waals surface area contributed by atoms with Crippen molar-refractivity contribution in [1.82, 2.24) is 10.2 Å². The molecule has 4 nitrogen and oxygen atoms in total. The van der Waals surface area contributed by atoms with Crippen molar-refractivity contribution in [2.45, 2.75) is 18.2 Å². The molecule has 0 aliphatic carbocycles. The van der Waals surface area contributed by atoms with Gasteiger partial charge >= 0.3 is 0 Å². The molecule has 0 aromatic heterocycles. The van der Waals surface area contributed by atoms with Gasteiger partial charge in [-0.15, -0.1) is 11.8 Å². The molecule has 2 rings (SSSR count). The van der Waals surface area contributed by atoms with Gasteiger partial charge in [-0.1, -0.05) is 18.2 Å². The first-order valence-electron chi connectivity index (χ1n) is 6.94. The van der Waals surface area contributed by atoms with E-state index in [2.05, 4.69) is 17.4 Å². The number of nitrogens with zero attached hydrogens (tertiary/aromatic N) is 1. The average Bonchev–Trinajstić information content (AvgIpc) is 2.86. The van der Waals surface area contributed by atoms with Crippen LogP contribution in [0.5, 0.6) is 0 Å². The van der Waals surface area contributed by atoms with Crippen molar-refractivity contribution >= 4 is 23.6 Å². The maximum atomic E-state index is 12.0. The Bertz CT molecular complexity index is 464. The van der Waals surface area contributed by atoms with E-state index in [1.54, 1.807) is 16.7 Å². The van der Waals surface area contributed by atoms with Gasteiger partial charge < -0.3 is 10.2 Å². The predicted octanol–water partition coefficient (Wildman–Crippen LogP) is 1.76. The summed E-state index contributed by atoms with van der Waals surface area (Å²) in [5, 5.41) is 2.92. The first-order chi connectivity index (χ1) is 9.70. The fourth-order valence-corrected chi connectivity index (χ4v) is 3.05. The van der Waals surface area contributed by atoms with E-state index in [1.165, 1.54) is 4.90 Å². The molecule has 1 heterocycles. The Morgan fingerprint density at radius 2 is 2.15 bits per heavy atom. The number of carbonyl (C=O) groups is 2. The molecule has 0 unspecified atom stereocenters. The highest BCUT2D eigenvalue weighted by molar-refractivity contribution is 7.99. The lowest BCUT2D eigenvalue weighted by molar-refractivity contribution is -0.128. The van der Waals surface area contributed by atoms with Crippen LogP contribution in [-0.4, -0.2) is 42.1 Å². The Labute approximate surface area is 123 Å². The lowest BCUT2D eigenvalue weighted by atomic mass is 10.1. The van der Waals surface area contributed by atoms with Gasteiger partial charge in [0.25, 0.3) is 0 Å². The molecule has 0 bridgehead atoms. The topological polar surface area (TPSA) is 49.4 Å². The second kappa shape index (κ2) is 7.33. The van der Waals surface area contributed by atoms with Crippen LogP contribution in [0.1, 0.15) is 13.3 Å². The van der Waals surface area contributed by atoms with Gasteiger partial charge in [-0.05, 0) is 19.1 Å². The molecule has 0 spiro atoms. The number of amides is 2. The van der Waals surface area contributed by atoms with Crippen LogP contribution in [0.25, 0.3) is 0 Å². The van der Waals surface area contributed by atoms with Gasteiger partial charge in [0, 0.05) is 36.7 Å². The molecule has 1 fully saturated rings. The minimum atomic E-state index is -0.177. The van der Waals surface area contributed by atoms with Crippen molar-refractivity contribution in [2.75, 3.05) is 25.4 Å². The van der Waals surface area contributed by atoms with Gasteiger partial charge in [-0.25, -0.2) is 0 Å². The molecule has 1 aromatic rings. The van der Waals surface area contributed by atoms with Crippen LogP contribution in [0.3, 0.4) is 0 Å². The lowest BCUT2D eigenvalue weighted by Gasteiger charge is -2.13. The molecule has 1 aliphatic rings. The van der Waals surface area contributed by atoms with Crippen LogP contribution >= 0.6 is 11.8 Å². The maximum Gasteiger partial charge on any atom is 0.225 e. The summed E-state index contributed by atoms with van der Waals surface area (Å²) in [7, 11) is 0. The summed E-state index contributed by atoms with van der Waals surface area (Å²) in [6, 6.07) is 10.1. The highest BCUT2D eigenvalue weighted by atomic mass is 32.2. The standard InChI is InChI=1S/C15H20N2O2S/c1-2-17-11-12(10-14(17)18)15(19)16-8-9-20-13-6-4-3-5-7-13/h3-7,12H,2,8-11H2,1H3,(H,16,19)/t12-/m1/s1. The van der Waals surface area contributed by atoms with E-state index in [4.69, 9.17) is 0 Å². The molecular formula is C15H20N2O2S. The first kappa shape index (κ1) is 14.9. The third-order valence-electron chi connectivity index (χ3n) is 3.38. The van der Waals surface area contributed by atoms with Gasteiger partial charge in [0.1, 0.15) is 0 Å². The van der Waals surface area contributed by atoms with E-state index < -0.39 is 0 Å². The molecule has 108 valence electrons. The zero-order valence-electron chi connectivity index (χ0n) is 11.7. The van der Waals surface area contributed by atoms with Gasteiger partial charge in [-0.2, -0.15) is 0 Å². The number of nitrogens with one attached hydrogen (secondary N) is 1. The lowest BCUT2D eigenvalue weighted by Crippen LogP contribution is -2.34. The van der Waals surface area contributed by atoms with Crippen molar-refractivity contribution in [2.24, 2.45) is 5.92 Å². The molecule has 5 heteroatoms. The molecule has 1 atom stereocenters. The van der Waals surface area contributed by atoms with Crippen LogP contribution in [0, 0.1) is 5.92 Å². The quantitative estimate of drug-likeness (QED) is 0.642. The molecule has 0 radical (unpaired) electrons. The summed E-state index contributed by atoms with van der Waals surface area (Å²) in [5.41, 5.74) is 0. The summed E-state index contributed by atoms with van der Waals surface area (Å²) in [4.78, 5) is 26.5. The number of thioether (sulfide) groups is 1. The number of likely N-dealkylation sites (tertiary alicyclic amines) is 1. The van der Waals surface area contributed by atoms with E-state index >= 15 is 0 Å². The van der Waals surface area contributed by atoms with E-state index in [1.807, 2.05) is 25.1 Å². The normalized spacial score (nSPS) is 18.4. The third kappa shape index (κ3) is 4.00. The zero-order valence-corrected chi connectivity index (χ0v) is 12.5. The Kier molecular flexibility index (Phi) is 5.47. The molecule has 1 aliphatic heterocycles. The van der Waals surface area contributed by atoms with Crippen molar-refractivity contribution in [1.29, 1.82) is 0 Å². The monoisotopic (exact) mass is 292 g/mol. The van der Waals surface area contributed by atoms with Gasteiger partial charge in [0.05, 0.1) is 5.92 Å². The van der Waals surface area contributed by atoms with Crippen molar-refractivity contribution in [3.8, 4) is 0 Å². The van der Waals surface area contributed by atoms with Crippen LogP contribution in [0.15, 0.2) is 35.2 Å². The van der Waals surface area contributed by atoms with Gasteiger partial charge in [0.15, 0.2) is 0 Å². The maximum absolute atomic E-state index is 12.0. The summed E-state index contributed by atoms with van der Waals surface area (Å²) < 4.78 is 0. The molecular weight excluding hydrogens is 272 g/mol. The Hall–Kier alpha value is -1.49. The third-order valence-corrected chi connectivity index (χ3v) is 4.39. The van der Waals surface area contributed by atoms with Gasteiger partial charge in [0.2, 0.25) is 11.8 Å². The van der Waals surface area contributed by atoms with Crippen LogP contribution < -0.4 is 5.32 Å².